The molecule has 0 radical (unpaired) electrons. The Morgan fingerprint density at radius 3 is 2.52 bits per heavy atom. The second kappa shape index (κ2) is 10.3. The van der Waals surface area contributed by atoms with Crippen molar-refractivity contribution in [2.45, 2.75) is 33.1 Å². The number of carbonyl (C=O) groups is 2. The second-order valence-corrected chi connectivity index (χ2v) is 6.41. The van der Waals surface area contributed by atoms with Crippen molar-refractivity contribution >= 4 is 35.6 Å². The van der Waals surface area contributed by atoms with Crippen molar-refractivity contribution in [3.05, 3.63) is 18.2 Å². The molecule has 0 aliphatic carbocycles. The molecule has 3 N–H and O–H groups in total. The van der Waals surface area contributed by atoms with Crippen LogP contribution in [0.4, 0.5) is 11.4 Å². The van der Waals surface area contributed by atoms with E-state index in [9.17, 15) is 9.59 Å². The average molecular weight is 370 g/mol. The van der Waals surface area contributed by atoms with Gasteiger partial charge in [-0.2, -0.15) is 0 Å². The summed E-state index contributed by atoms with van der Waals surface area (Å²) in [4.78, 5) is 23.8. The molecule has 1 heterocycles. The Bertz CT molecular complexity index is 589. The van der Waals surface area contributed by atoms with E-state index in [1.54, 1.807) is 25.3 Å². The van der Waals surface area contributed by atoms with E-state index in [0.717, 1.165) is 25.9 Å². The molecule has 1 aliphatic rings. The molecule has 0 spiro atoms. The van der Waals surface area contributed by atoms with E-state index >= 15 is 0 Å². The van der Waals surface area contributed by atoms with Crippen LogP contribution in [-0.4, -0.2) is 32.0 Å². The molecule has 0 aromatic heterocycles. The number of rotatable bonds is 6. The SMILES string of the molecule is COc1ccc(NC(C)=O)c(NC(=O)CC(C)C2CCNCC2)c1.Cl. The number of hydrogen-bond acceptors (Lipinski definition) is 4. The molecule has 1 aromatic carbocycles. The Morgan fingerprint density at radius 1 is 1.24 bits per heavy atom. The number of benzene rings is 1. The Labute approximate surface area is 155 Å². The first-order chi connectivity index (χ1) is 11.5. The zero-order valence-corrected chi connectivity index (χ0v) is 15.9. The van der Waals surface area contributed by atoms with Crippen LogP contribution < -0.4 is 20.7 Å². The van der Waals surface area contributed by atoms with Crippen LogP contribution in [0.2, 0.25) is 0 Å². The van der Waals surface area contributed by atoms with Crippen molar-refractivity contribution in [1.29, 1.82) is 0 Å². The van der Waals surface area contributed by atoms with Crippen LogP contribution in [0, 0.1) is 11.8 Å². The van der Waals surface area contributed by atoms with Gasteiger partial charge in [0.15, 0.2) is 0 Å². The number of methoxy groups -OCH3 is 1. The maximum atomic E-state index is 12.4. The lowest BCUT2D eigenvalue weighted by molar-refractivity contribution is -0.117. The molecular formula is C18H28ClN3O3. The summed E-state index contributed by atoms with van der Waals surface area (Å²) in [7, 11) is 1.57. The molecule has 7 heteroatoms. The van der Waals surface area contributed by atoms with Crippen LogP contribution in [-0.2, 0) is 9.59 Å². The maximum absolute atomic E-state index is 12.4. The fourth-order valence-corrected chi connectivity index (χ4v) is 3.13. The topological polar surface area (TPSA) is 79.5 Å². The van der Waals surface area contributed by atoms with Gasteiger partial charge in [0.05, 0.1) is 18.5 Å². The highest BCUT2D eigenvalue weighted by Crippen LogP contribution is 2.29. The molecule has 1 saturated heterocycles. The molecule has 0 saturated carbocycles. The minimum absolute atomic E-state index is 0. The Morgan fingerprint density at radius 2 is 1.92 bits per heavy atom. The van der Waals surface area contributed by atoms with Crippen LogP contribution in [0.1, 0.15) is 33.1 Å². The highest BCUT2D eigenvalue weighted by atomic mass is 35.5. The number of amides is 2. The van der Waals surface area contributed by atoms with Crippen molar-refractivity contribution in [3.63, 3.8) is 0 Å². The smallest absolute Gasteiger partial charge is 0.224 e. The lowest BCUT2D eigenvalue weighted by atomic mass is 9.84. The zero-order valence-electron chi connectivity index (χ0n) is 15.1. The first-order valence-corrected chi connectivity index (χ1v) is 8.45. The zero-order chi connectivity index (χ0) is 17.5. The first kappa shape index (κ1) is 21.3. The van der Waals surface area contributed by atoms with Crippen LogP contribution in [0.25, 0.3) is 0 Å². The summed E-state index contributed by atoms with van der Waals surface area (Å²) in [6, 6.07) is 5.20. The summed E-state index contributed by atoms with van der Waals surface area (Å²) in [5, 5.41) is 8.99. The van der Waals surface area contributed by atoms with Gasteiger partial charge in [-0.25, -0.2) is 0 Å². The molecule has 0 bridgehead atoms. The van der Waals surface area contributed by atoms with Gasteiger partial charge in [-0.3, -0.25) is 9.59 Å². The summed E-state index contributed by atoms with van der Waals surface area (Å²) < 4.78 is 5.20. The third kappa shape index (κ3) is 6.55. The maximum Gasteiger partial charge on any atom is 0.224 e. The van der Waals surface area contributed by atoms with Gasteiger partial charge in [-0.1, -0.05) is 6.92 Å². The van der Waals surface area contributed by atoms with Crippen LogP contribution >= 0.6 is 12.4 Å². The van der Waals surface area contributed by atoms with Crippen molar-refractivity contribution in [1.82, 2.24) is 5.32 Å². The number of carbonyl (C=O) groups excluding carboxylic acids is 2. The lowest BCUT2D eigenvalue weighted by Crippen LogP contribution is -2.32. The predicted octanol–water partition coefficient (Wildman–Crippen LogP) is 3.04. The third-order valence-corrected chi connectivity index (χ3v) is 4.51. The number of halogens is 1. The highest BCUT2D eigenvalue weighted by Gasteiger charge is 2.22. The minimum atomic E-state index is -0.182. The fourth-order valence-electron chi connectivity index (χ4n) is 3.13. The monoisotopic (exact) mass is 369 g/mol. The fraction of sp³-hybridized carbons (Fsp3) is 0.556. The van der Waals surface area contributed by atoms with E-state index in [4.69, 9.17) is 4.74 Å². The molecule has 140 valence electrons. The van der Waals surface area contributed by atoms with Crippen molar-refractivity contribution in [2.24, 2.45) is 11.8 Å². The third-order valence-electron chi connectivity index (χ3n) is 4.51. The molecular weight excluding hydrogens is 342 g/mol. The molecule has 1 fully saturated rings. The molecule has 25 heavy (non-hydrogen) atoms. The van der Waals surface area contributed by atoms with Crippen molar-refractivity contribution in [2.75, 3.05) is 30.8 Å². The standard InChI is InChI=1S/C18H27N3O3.ClH/c1-12(14-6-8-19-9-7-14)10-18(23)21-17-11-15(24-3)4-5-16(17)20-13(2)22;/h4-5,11-12,14,19H,6-10H2,1-3H3,(H,20,22)(H,21,23);1H. The van der Waals surface area contributed by atoms with Gasteiger partial charge in [0.2, 0.25) is 11.8 Å². The highest BCUT2D eigenvalue weighted by molar-refractivity contribution is 5.99. The summed E-state index contributed by atoms with van der Waals surface area (Å²) in [6.45, 7) is 5.63. The lowest BCUT2D eigenvalue weighted by Gasteiger charge is -2.28. The Balaban J connectivity index is 0.00000312. The van der Waals surface area contributed by atoms with Crippen molar-refractivity contribution < 1.29 is 14.3 Å². The average Bonchev–Trinajstić information content (AvgIpc) is 2.56. The second-order valence-electron chi connectivity index (χ2n) is 6.41. The van der Waals surface area contributed by atoms with E-state index in [-0.39, 0.29) is 24.2 Å². The minimum Gasteiger partial charge on any atom is -0.497 e. The molecule has 6 nitrogen and oxygen atoms in total. The van der Waals surface area contributed by atoms with E-state index < -0.39 is 0 Å². The van der Waals surface area contributed by atoms with Crippen LogP contribution in [0.15, 0.2) is 18.2 Å². The molecule has 1 unspecified atom stereocenters. The number of anilines is 2. The van der Waals surface area contributed by atoms with Gasteiger partial charge in [-0.05, 0) is 49.9 Å². The summed E-state index contributed by atoms with van der Waals surface area (Å²) in [5.41, 5.74) is 1.14. The number of nitrogens with one attached hydrogen (secondary N) is 3. The Hall–Kier alpha value is -1.79. The van der Waals surface area contributed by atoms with Gasteiger partial charge in [0.1, 0.15) is 5.75 Å². The quantitative estimate of drug-likeness (QED) is 0.720. The van der Waals surface area contributed by atoms with E-state index in [0.29, 0.717) is 35.4 Å². The molecule has 1 atom stereocenters. The molecule has 2 rings (SSSR count). The molecule has 2 amide bonds. The van der Waals surface area contributed by atoms with Crippen molar-refractivity contribution in [3.8, 4) is 5.75 Å². The summed E-state index contributed by atoms with van der Waals surface area (Å²) in [5.74, 6) is 1.32. The van der Waals surface area contributed by atoms with Gasteiger partial charge >= 0.3 is 0 Å². The van der Waals surface area contributed by atoms with Gasteiger partial charge < -0.3 is 20.7 Å². The number of ether oxygens (including phenoxy) is 1. The van der Waals surface area contributed by atoms with E-state index in [1.807, 2.05) is 0 Å². The van der Waals surface area contributed by atoms with E-state index in [2.05, 4.69) is 22.9 Å². The van der Waals surface area contributed by atoms with Gasteiger partial charge in [0, 0.05) is 19.4 Å². The van der Waals surface area contributed by atoms with Gasteiger partial charge in [-0.15, -0.1) is 12.4 Å². The molecule has 1 aliphatic heterocycles. The summed E-state index contributed by atoms with van der Waals surface area (Å²) >= 11 is 0. The number of piperidine rings is 1. The largest absolute Gasteiger partial charge is 0.497 e. The molecule has 1 aromatic rings. The summed E-state index contributed by atoms with van der Waals surface area (Å²) in [6.07, 6.45) is 2.71. The van der Waals surface area contributed by atoms with Crippen LogP contribution in [0.5, 0.6) is 5.75 Å². The van der Waals surface area contributed by atoms with E-state index in [1.165, 1.54) is 6.92 Å². The van der Waals surface area contributed by atoms with Crippen LogP contribution in [0.3, 0.4) is 0 Å². The van der Waals surface area contributed by atoms with Gasteiger partial charge in [0.25, 0.3) is 0 Å². The first-order valence-electron chi connectivity index (χ1n) is 8.45. The number of hydrogen-bond donors (Lipinski definition) is 3. The normalized spacial score (nSPS) is 15.6. The Kier molecular flexibility index (Phi) is 8.72. The predicted molar refractivity (Wildman–Crippen MR) is 103 cm³/mol.